The fourth-order valence-electron chi connectivity index (χ4n) is 2.08. The summed E-state index contributed by atoms with van der Waals surface area (Å²) in [5, 5.41) is 8.01. The van der Waals surface area contributed by atoms with E-state index in [4.69, 9.17) is 11.6 Å². The van der Waals surface area contributed by atoms with E-state index < -0.39 is 0 Å². The Labute approximate surface area is 141 Å². The van der Waals surface area contributed by atoms with Crippen LogP contribution in [0, 0.1) is 0 Å². The van der Waals surface area contributed by atoms with Crippen molar-refractivity contribution in [1.82, 2.24) is 20.0 Å². The molecule has 0 unspecified atom stereocenters. The second-order valence-electron chi connectivity index (χ2n) is 4.88. The molecule has 0 spiro atoms. The number of halogens is 2. The molecule has 2 aromatic rings. The van der Waals surface area contributed by atoms with Crippen LogP contribution in [0.5, 0.6) is 0 Å². The third-order valence-corrected chi connectivity index (χ3v) is 3.56. The van der Waals surface area contributed by atoms with Crippen molar-refractivity contribution < 1.29 is 4.79 Å². The van der Waals surface area contributed by atoms with Gasteiger partial charge in [0.2, 0.25) is 0 Å². The van der Waals surface area contributed by atoms with Gasteiger partial charge in [-0.05, 0) is 13.1 Å². The number of aromatic nitrogens is 2. The number of benzene rings is 1. The van der Waals surface area contributed by atoms with E-state index in [1.165, 1.54) is 0 Å². The lowest BCUT2D eigenvalue weighted by atomic mass is 10.1. The number of hydrogen-bond donors (Lipinski definition) is 1. The summed E-state index contributed by atoms with van der Waals surface area (Å²) in [6, 6.07) is 7.41. The second kappa shape index (κ2) is 8.17. The summed E-state index contributed by atoms with van der Waals surface area (Å²) in [5.41, 5.74) is 1.94. The van der Waals surface area contributed by atoms with E-state index in [1.807, 2.05) is 25.2 Å². The van der Waals surface area contributed by atoms with E-state index in [1.54, 1.807) is 35.9 Å². The number of carbonyl (C=O) groups excluding carboxylic acids is 1. The monoisotopic (exact) mass is 342 g/mol. The van der Waals surface area contributed by atoms with Gasteiger partial charge in [-0.2, -0.15) is 5.10 Å². The minimum atomic E-state index is -0.0618. The Morgan fingerprint density at radius 2 is 2.09 bits per heavy atom. The molecule has 22 heavy (non-hydrogen) atoms. The molecule has 0 saturated carbocycles. The van der Waals surface area contributed by atoms with Crippen molar-refractivity contribution in [1.29, 1.82) is 0 Å². The highest BCUT2D eigenvalue weighted by Gasteiger charge is 2.21. The SMILES string of the molecule is CNCCN(C)C(=O)c1cn(C)nc1-c1ccccc1Cl.Cl. The van der Waals surface area contributed by atoms with Crippen molar-refractivity contribution in [3.8, 4) is 11.3 Å². The summed E-state index contributed by atoms with van der Waals surface area (Å²) in [6.07, 6.45) is 1.73. The molecule has 1 N–H and O–H groups in total. The van der Waals surface area contributed by atoms with E-state index >= 15 is 0 Å². The van der Waals surface area contributed by atoms with E-state index in [-0.39, 0.29) is 18.3 Å². The predicted molar refractivity (Wildman–Crippen MR) is 91.8 cm³/mol. The molecule has 7 heteroatoms. The average molecular weight is 343 g/mol. The molecule has 1 amide bonds. The maximum atomic E-state index is 12.6. The molecule has 0 fully saturated rings. The van der Waals surface area contributed by atoms with Crippen molar-refractivity contribution in [2.24, 2.45) is 7.05 Å². The van der Waals surface area contributed by atoms with Gasteiger partial charge in [0, 0.05) is 38.9 Å². The molecule has 2 rings (SSSR count). The van der Waals surface area contributed by atoms with Gasteiger partial charge in [-0.15, -0.1) is 12.4 Å². The predicted octanol–water partition coefficient (Wildman–Crippen LogP) is 2.45. The molecule has 0 aliphatic carbocycles. The van der Waals surface area contributed by atoms with Crippen LogP contribution in [-0.4, -0.2) is 47.8 Å². The van der Waals surface area contributed by atoms with Crippen LogP contribution in [0.1, 0.15) is 10.4 Å². The zero-order chi connectivity index (χ0) is 15.4. The molecule has 1 heterocycles. The Hall–Kier alpha value is -1.56. The average Bonchev–Trinajstić information content (AvgIpc) is 2.86. The van der Waals surface area contributed by atoms with Crippen LogP contribution < -0.4 is 5.32 Å². The molecule has 0 saturated heterocycles. The van der Waals surface area contributed by atoms with Crippen LogP contribution in [0.2, 0.25) is 5.02 Å². The van der Waals surface area contributed by atoms with Crippen LogP contribution in [-0.2, 0) is 7.05 Å². The topological polar surface area (TPSA) is 50.2 Å². The van der Waals surface area contributed by atoms with Crippen LogP contribution in [0.4, 0.5) is 0 Å². The summed E-state index contributed by atoms with van der Waals surface area (Å²) >= 11 is 6.22. The normalized spacial score (nSPS) is 10.2. The molecule has 1 aromatic heterocycles. The van der Waals surface area contributed by atoms with Crippen LogP contribution in [0.15, 0.2) is 30.5 Å². The number of carbonyl (C=O) groups is 1. The zero-order valence-corrected chi connectivity index (χ0v) is 14.4. The first-order chi connectivity index (χ1) is 10.0. The minimum absolute atomic E-state index is 0. The van der Waals surface area contributed by atoms with Gasteiger partial charge in [-0.25, -0.2) is 0 Å². The van der Waals surface area contributed by atoms with Gasteiger partial charge in [-0.1, -0.05) is 29.8 Å². The Morgan fingerprint density at radius 1 is 1.41 bits per heavy atom. The van der Waals surface area contributed by atoms with Gasteiger partial charge < -0.3 is 10.2 Å². The van der Waals surface area contributed by atoms with Gasteiger partial charge in [0.15, 0.2) is 0 Å². The van der Waals surface area contributed by atoms with Crippen LogP contribution >= 0.6 is 24.0 Å². The number of nitrogens with one attached hydrogen (secondary N) is 1. The third-order valence-electron chi connectivity index (χ3n) is 3.23. The summed E-state index contributed by atoms with van der Waals surface area (Å²) in [5.74, 6) is -0.0618. The van der Waals surface area contributed by atoms with Crippen LogP contribution in [0.25, 0.3) is 11.3 Å². The van der Waals surface area contributed by atoms with Crippen molar-refractivity contribution >= 4 is 29.9 Å². The second-order valence-corrected chi connectivity index (χ2v) is 5.28. The van der Waals surface area contributed by atoms with Gasteiger partial charge in [0.05, 0.1) is 10.6 Å². The molecule has 0 aliphatic rings. The van der Waals surface area contributed by atoms with Gasteiger partial charge in [-0.3, -0.25) is 9.48 Å². The molecular formula is C15H20Cl2N4O. The van der Waals surface area contributed by atoms with Crippen molar-refractivity contribution in [3.63, 3.8) is 0 Å². The Morgan fingerprint density at radius 3 is 2.73 bits per heavy atom. The number of nitrogens with zero attached hydrogens (tertiary/aromatic N) is 3. The molecular weight excluding hydrogens is 323 g/mol. The first-order valence-electron chi connectivity index (χ1n) is 6.73. The van der Waals surface area contributed by atoms with Gasteiger partial charge in [0.1, 0.15) is 5.69 Å². The fraction of sp³-hybridized carbons (Fsp3) is 0.333. The smallest absolute Gasteiger partial charge is 0.257 e. The maximum Gasteiger partial charge on any atom is 0.257 e. The van der Waals surface area contributed by atoms with E-state index in [2.05, 4.69) is 10.4 Å². The number of hydrogen-bond acceptors (Lipinski definition) is 3. The number of aryl methyl sites for hydroxylation is 1. The summed E-state index contributed by atoms with van der Waals surface area (Å²) < 4.78 is 1.64. The number of rotatable bonds is 5. The highest BCUT2D eigenvalue weighted by atomic mass is 35.5. The first-order valence-corrected chi connectivity index (χ1v) is 7.11. The Kier molecular flexibility index (Phi) is 6.87. The maximum absolute atomic E-state index is 12.6. The lowest BCUT2D eigenvalue weighted by molar-refractivity contribution is 0.0797. The van der Waals surface area contributed by atoms with Gasteiger partial charge in [0.25, 0.3) is 5.91 Å². The molecule has 0 radical (unpaired) electrons. The molecule has 0 bridgehead atoms. The van der Waals surface area contributed by atoms with Crippen molar-refractivity contribution in [2.75, 3.05) is 27.2 Å². The van der Waals surface area contributed by atoms with Crippen LogP contribution in [0.3, 0.4) is 0 Å². The summed E-state index contributed by atoms with van der Waals surface area (Å²) in [6.45, 7) is 1.37. The number of amides is 1. The fourth-order valence-corrected chi connectivity index (χ4v) is 2.31. The third kappa shape index (κ3) is 4.00. The molecule has 5 nitrogen and oxygen atoms in total. The van der Waals surface area contributed by atoms with E-state index in [0.29, 0.717) is 22.8 Å². The molecule has 120 valence electrons. The lowest BCUT2D eigenvalue weighted by Crippen LogP contribution is -2.32. The highest BCUT2D eigenvalue weighted by molar-refractivity contribution is 6.33. The summed E-state index contributed by atoms with van der Waals surface area (Å²) in [4.78, 5) is 14.2. The van der Waals surface area contributed by atoms with E-state index in [9.17, 15) is 4.79 Å². The summed E-state index contributed by atoms with van der Waals surface area (Å²) in [7, 11) is 5.44. The standard InChI is InChI=1S/C15H19ClN4O.ClH/c1-17-8-9-19(2)15(21)12-10-20(3)18-14(12)11-6-4-5-7-13(11)16;/h4-7,10,17H,8-9H2,1-3H3;1H. The number of likely N-dealkylation sites (N-methyl/N-ethyl adjacent to an activating group) is 2. The molecule has 0 atom stereocenters. The van der Waals surface area contributed by atoms with Crippen molar-refractivity contribution in [3.05, 3.63) is 41.0 Å². The Balaban J connectivity index is 0.00000242. The van der Waals surface area contributed by atoms with Crippen molar-refractivity contribution in [2.45, 2.75) is 0 Å². The lowest BCUT2D eigenvalue weighted by Gasteiger charge is -2.16. The Bertz CT molecular complexity index is 642. The minimum Gasteiger partial charge on any atom is -0.340 e. The zero-order valence-electron chi connectivity index (χ0n) is 12.8. The first kappa shape index (κ1) is 18.5. The molecule has 1 aromatic carbocycles. The van der Waals surface area contributed by atoms with E-state index in [0.717, 1.165) is 12.1 Å². The van der Waals surface area contributed by atoms with Gasteiger partial charge >= 0.3 is 0 Å². The largest absolute Gasteiger partial charge is 0.340 e. The highest BCUT2D eigenvalue weighted by Crippen LogP contribution is 2.29. The quantitative estimate of drug-likeness (QED) is 0.907. The molecule has 0 aliphatic heterocycles.